The summed E-state index contributed by atoms with van der Waals surface area (Å²) >= 11 is 0. The number of allylic oxidation sites excluding steroid dienone is 4. The van der Waals surface area contributed by atoms with Gasteiger partial charge < -0.3 is 15.5 Å². The van der Waals surface area contributed by atoms with Gasteiger partial charge in [-0.2, -0.15) is 0 Å². The summed E-state index contributed by atoms with van der Waals surface area (Å²) in [5, 5.41) is 22.5. The minimum Gasteiger partial charge on any atom is -0.393 e. The van der Waals surface area contributed by atoms with E-state index in [1.165, 1.54) is 24.8 Å². The van der Waals surface area contributed by atoms with Gasteiger partial charge in [0.15, 0.2) is 0 Å². The molecule has 0 fully saturated rings. The van der Waals surface area contributed by atoms with Gasteiger partial charge in [-0.15, -0.1) is 0 Å². The van der Waals surface area contributed by atoms with Crippen LogP contribution in [0.4, 0.5) is 0 Å². The first kappa shape index (κ1) is 18.2. The van der Waals surface area contributed by atoms with Gasteiger partial charge in [-0.1, -0.05) is 25.2 Å². The summed E-state index contributed by atoms with van der Waals surface area (Å²) in [4.78, 5) is 11.2. The topological polar surface area (TPSA) is 69.6 Å². The molecule has 5 atom stereocenters. The Labute approximate surface area is 139 Å². The van der Waals surface area contributed by atoms with Crippen molar-refractivity contribution in [3.63, 3.8) is 0 Å². The number of amides is 1. The molecule has 0 aromatic carbocycles. The molecule has 0 bridgehead atoms. The Morgan fingerprint density at radius 3 is 2.91 bits per heavy atom. The Kier molecular flexibility index (Phi) is 6.85. The number of hydrogen-bond acceptors (Lipinski definition) is 3. The highest BCUT2D eigenvalue weighted by Crippen LogP contribution is 2.42. The molecule has 23 heavy (non-hydrogen) atoms. The highest BCUT2D eigenvalue weighted by atomic mass is 16.3. The minimum absolute atomic E-state index is 0.0612. The van der Waals surface area contributed by atoms with E-state index in [2.05, 4.69) is 30.5 Å². The van der Waals surface area contributed by atoms with Crippen molar-refractivity contribution in [1.29, 1.82) is 0 Å². The van der Waals surface area contributed by atoms with Crippen LogP contribution in [0.5, 0.6) is 0 Å². The lowest BCUT2D eigenvalue weighted by molar-refractivity contribution is -0.122. The molecule has 2 rings (SSSR count). The molecule has 4 nitrogen and oxygen atoms in total. The van der Waals surface area contributed by atoms with Crippen molar-refractivity contribution < 1.29 is 15.0 Å². The van der Waals surface area contributed by atoms with Gasteiger partial charge in [0.25, 0.3) is 0 Å². The van der Waals surface area contributed by atoms with Crippen molar-refractivity contribution in [2.75, 3.05) is 7.05 Å². The molecule has 1 amide bonds. The standard InChI is InChI=1S/C19H31NO3/c1-13-7-8-14-5-3-4-6-18(14)17(13)10-9-15(21)11-16(22)12-19(23)20-2/h5,7-8,13,15-18,21-22H,3-4,6,9-12H2,1-2H3,(H,20,23). The zero-order valence-corrected chi connectivity index (χ0v) is 14.4. The van der Waals surface area contributed by atoms with Gasteiger partial charge >= 0.3 is 0 Å². The Morgan fingerprint density at radius 2 is 2.17 bits per heavy atom. The Hall–Kier alpha value is -1.13. The molecule has 0 aromatic rings. The fourth-order valence-corrected chi connectivity index (χ4v) is 4.03. The van der Waals surface area contributed by atoms with Crippen LogP contribution in [0.2, 0.25) is 0 Å². The van der Waals surface area contributed by atoms with Crippen LogP contribution < -0.4 is 5.32 Å². The van der Waals surface area contributed by atoms with Crippen molar-refractivity contribution in [3.8, 4) is 0 Å². The Bertz CT molecular complexity index is 458. The number of aliphatic hydroxyl groups excluding tert-OH is 2. The summed E-state index contributed by atoms with van der Waals surface area (Å²) in [5.41, 5.74) is 1.48. The maximum Gasteiger partial charge on any atom is 0.222 e. The molecule has 0 spiro atoms. The van der Waals surface area contributed by atoms with Crippen LogP contribution in [0, 0.1) is 17.8 Å². The predicted molar refractivity (Wildman–Crippen MR) is 91.8 cm³/mol. The molecule has 0 saturated heterocycles. The van der Waals surface area contributed by atoms with E-state index >= 15 is 0 Å². The summed E-state index contributed by atoms with van der Waals surface area (Å²) in [6.07, 6.45) is 11.3. The fraction of sp³-hybridized carbons (Fsp3) is 0.737. The van der Waals surface area contributed by atoms with Crippen LogP contribution in [0.15, 0.2) is 23.8 Å². The normalized spacial score (nSPS) is 29.4. The average molecular weight is 321 g/mol. The first-order valence-corrected chi connectivity index (χ1v) is 8.96. The molecule has 0 aromatic heterocycles. The van der Waals surface area contributed by atoms with Gasteiger partial charge in [0, 0.05) is 7.05 Å². The quantitative estimate of drug-likeness (QED) is 0.675. The van der Waals surface area contributed by atoms with Gasteiger partial charge in [-0.3, -0.25) is 4.79 Å². The molecule has 0 radical (unpaired) electrons. The predicted octanol–water partition coefficient (Wildman–Crippen LogP) is 2.56. The molecule has 3 N–H and O–H groups in total. The third kappa shape index (κ3) is 5.18. The number of carbonyl (C=O) groups is 1. The van der Waals surface area contributed by atoms with Gasteiger partial charge in [-0.05, 0) is 61.9 Å². The van der Waals surface area contributed by atoms with E-state index in [9.17, 15) is 15.0 Å². The zero-order valence-electron chi connectivity index (χ0n) is 14.4. The molecule has 0 aliphatic heterocycles. The molecule has 2 aliphatic rings. The summed E-state index contributed by atoms with van der Waals surface area (Å²) in [7, 11) is 1.55. The van der Waals surface area contributed by atoms with Crippen molar-refractivity contribution in [3.05, 3.63) is 23.8 Å². The molecule has 0 heterocycles. The van der Waals surface area contributed by atoms with Crippen LogP contribution in [-0.4, -0.2) is 35.4 Å². The van der Waals surface area contributed by atoms with E-state index in [-0.39, 0.29) is 18.7 Å². The van der Waals surface area contributed by atoms with Gasteiger partial charge in [0.05, 0.1) is 18.6 Å². The van der Waals surface area contributed by atoms with Gasteiger partial charge in [0.1, 0.15) is 0 Å². The second kappa shape index (κ2) is 8.65. The third-order valence-corrected chi connectivity index (χ3v) is 5.39. The lowest BCUT2D eigenvalue weighted by Crippen LogP contribution is -2.29. The van der Waals surface area contributed by atoms with Crippen LogP contribution >= 0.6 is 0 Å². The van der Waals surface area contributed by atoms with Crippen LogP contribution in [0.3, 0.4) is 0 Å². The van der Waals surface area contributed by atoms with Crippen LogP contribution in [0.25, 0.3) is 0 Å². The maximum atomic E-state index is 11.2. The molecule has 4 heteroatoms. The van der Waals surface area contributed by atoms with E-state index in [4.69, 9.17) is 0 Å². The third-order valence-electron chi connectivity index (χ3n) is 5.39. The molecular weight excluding hydrogens is 290 g/mol. The first-order valence-electron chi connectivity index (χ1n) is 8.96. The summed E-state index contributed by atoms with van der Waals surface area (Å²) < 4.78 is 0. The SMILES string of the molecule is CNC(=O)CC(O)CC(O)CCC1C(C)C=CC2=CCCCC21. The van der Waals surface area contributed by atoms with E-state index in [0.29, 0.717) is 24.2 Å². The van der Waals surface area contributed by atoms with Gasteiger partial charge in [-0.25, -0.2) is 0 Å². The monoisotopic (exact) mass is 321 g/mol. The smallest absolute Gasteiger partial charge is 0.222 e. The number of rotatable bonds is 7. The second-order valence-electron chi connectivity index (χ2n) is 7.12. The summed E-state index contributed by atoms with van der Waals surface area (Å²) in [6, 6.07) is 0. The highest BCUT2D eigenvalue weighted by Gasteiger charge is 2.32. The molecule has 5 unspecified atom stereocenters. The van der Waals surface area contributed by atoms with Crippen molar-refractivity contribution in [1.82, 2.24) is 5.32 Å². The Morgan fingerprint density at radius 1 is 1.39 bits per heavy atom. The molecular formula is C19H31NO3. The number of nitrogens with one attached hydrogen (secondary N) is 1. The Balaban J connectivity index is 1.82. The van der Waals surface area contributed by atoms with E-state index in [0.717, 1.165) is 6.42 Å². The molecule has 0 saturated carbocycles. The van der Waals surface area contributed by atoms with Crippen LogP contribution in [-0.2, 0) is 4.79 Å². The largest absolute Gasteiger partial charge is 0.393 e. The van der Waals surface area contributed by atoms with Crippen molar-refractivity contribution in [2.24, 2.45) is 17.8 Å². The average Bonchev–Trinajstić information content (AvgIpc) is 2.53. The van der Waals surface area contributed by atoms with E-state index in [1.54, 1.807) is 7.05 Å². The first-order chi connectivity index (χ1) is 11.0. The van der Waals surface area contributed by atoms with Crippen molar-refractivity contribution in [2.45, 2.75) is 64.1 Å². The number of fused-ring (bicyclic) bond motifs is 1. The molecule has 2 aliphatic carbocycles. The summed E-state index contributed by atoms with van der Waals surface area (Å²) in [5.74, 6) is 1.56. The van der Waals surface area contributed by atoms with E-state index in [1.807, 2.05) is 0 Å². The van der Waals surface area contributed by atoms with Gasteiger partial charge in [0.2, 0.25) is 5.91 Å². The fourth-order valence-electron chi connectivity index (χ4n) is 4.03. The lowest BCUT2D eigenvalue weighted by Gasteiger charge is -2.37. The summed E-state index contributed by atoms with van der Waals surface area (Å²) in [6.45, 7) is 2.26. The van der Waals surface area contributed by atoms with Crippen LogP contribution in [0.1, 0.15) is 51.9 Å². The number of aliphatic hydroxyl groups is 2. The minimum atomic E-state index is -0.765. The number of carbonyl (C=O) groups excluding carboxylic acids is 1. The van der Waals surface area contributed by atoms with Crippen molar-refractivity contribution >= 4 is 5.91 Å². The number of hydrogen-bond donors (Lipinski definition) is 3. The highest BCUT2D eigenvalue weighted by molar-refractivity contribution is 5.75. The lowest BCUT2D eigenvalue weighted by atomic mass is 9.68. The molecule has 130 valence electrons. The zero-order chi connectivity index (χ0) is 16.8. The van der Waals surface area contributed by atoms with E-state index < -0.39 is 12.2 Å². The second-order valence-corrected chi connectivity index (χ2v) is 7.12. The maximum absolute atomic E-state index is 11.2.